The first-order chi connectivity index (χ1) is 50.9. The first-order valence-corrected chi connectivity index (χ1v) is 36.6. The van der Waals surface area contributed by atoms with Crippen molar-refractivity contribution in [3.8, 4) is 0 Å². The van der Waals surface area contributed by atoms with Crippen molar-refractivity contribution in [2.45, 2.75) is 285 Å². The summed E-state index contributed by atoms with van der Waals surface area (Å²) in [5, 5.41) is 118. The number of nitrogens with zero attached hydrogens (tertiary/aromatic N) is 3. The highest BCUT2D eigenvalue weighted by atomic mass is 16.7. The van der Waals surface area contributed by atoms with E-state index in [1.54, 1.807) is 27.7 Å². The molecule has 38 nitrogen and oxygen atoms in total. The number of aromatic nitrogens is 3. The molecule has 5 rings (SSSR count). The van der Waals surface area contributed by atoms with Crippen molar-refractivity contribution < 1.29 is 137 Å². The molecule has 22 atom stereocenters. The molecule has 107 heavy (non-hydrogen) atoms. The first-order valence-electron chi connectivity index (χ1n) is 36.6. The number of allylic oxidation sites excluding steroid dienone is 2. The van der Waals surface area contributed by atoms with E-state index in [1.165, 1.54) is 7.11 Å². The topological polar surface area (TPSA) is 522 Å². The third kappa shape index (κ3) is 28.6. The summed E-state index contributed by atoms with van der Waals surface area (Å²) in [5.74, 6) is -3.62. The summed E-state index contributed by atoms with van der Waals surface area (Å²) in [4.78, 5) is 103. The molecular formula is C69H117N7O31. The second-order valence-corrected chi connectivity index (χ2v) is 27.4. The van der Waals surface area contributed by atoms with E-state index in [0.717, 1.165) is 40.8 Å². The van der Waals surface area contributed by atoms with Gasteiger partial charge in [0.2, 0.25) is 5.91 Å². The lowest BCUT2D eigenvalue weighted by molar-refractivity contribution is -0.328. The monoisotopic (exact) mass is 1540 g/mol. The van der Waals surface area contributed by atoms with Gasteiger partial charge in [-0.3, -0.25) is 9.59 Å². The molecule has 0 bridgehead atoms. The number of nitrogens with one attached hydrogen (secondary N) is 4. The fraction of sp³-hybridized carbons (Fsp3) is 0.826. The van der Waals surface area contributed by atoms with Crippen molar-refractivity contribution in [1.29, 1.82) is 0 Å². The molecule has 1 aromatic heterocycles. The van der Waals surface area contributed by atoms with Gasteiger partial charge in [0.1, 0.15) is 92.6 Å². The minimum atomic E-state index is -1.78. The third-order valence-corrected chi connectivity index (χ3v) is 18.7. The van der Waals surface area contributed by atoms with Crippen molar-refractivity contribution >= 4 is 29.9 Å². The molecule has 0 aromatic carbocycles. The van der Waals surface area contributed by atoms with Crippen molar-refractivity contribution in [2.75, 3.05) is 80.7 Å². The molecule has 4 fully saturated rings. The average molecular weight is 1540 g/mol. The summed E-state index contributed by atoms with van der Waals surface area (Å²) in [6, 6.07) is -1.61. The highest BCUT2D eigenvalue weighted by Gasteiger charge is 2.55. The number of aliphatic carboxylic acids is 2. The Morgan fingerprint density at radius 2 is 0.907 bits per heavy atom. The molecule has 6 unspecified atom stereocenters. The zero-order valence-corrected chi connectivity index (χ0v) is 62.3. The Hall–Kier alpha value is -6.12. The Morgan fingerprint density at radius 3 is 1.33 bits per heavy atom. The standard InChI is InChI=1S/C69H117N7O31/c1-38(2)72-48-40(5)102-44(50(81)56(48)104-64-54(85)52(83)58(96-8)60(106-64)62(87)88)36-98-33-42(77)24-25-46(79)70-26-18-12-15-21-29-75-67(92)74(28-20-14-10-11-17-23-47(80)100-32-31-95-7)68(93)76(69(75)94)30-22-16-13-19-27-71-66(91)101-35-43(78)34-99-37-45-51(82)57(49(41(6)103-45)73-39(3)4)105-65-55(86)53(84)59(97-9)61(107-65)63(89)90/h40-45,48-61,64-65,72-73,77-78,81-86H,1,3,10-37H2,2,4-9H3,(H,70,79)(H,71,91)(H,87,88)(H,89,90)/t40-,41-,42?,43?,44-,45-,48+,49+,50?,51?,52+,53+,54-,55-,56-,57-,58?,59?,60+,61+,64-,65-/m0/s1. The van der Waals surface area contributed by atoms with Gasteiger partial charge in [0.25, 0.3) is 0 Å². The number of unbranched alkanes of at least 4 members (excludes halogenated alkanes) is 10. The fourth-order valence-electron chi connectivity index (χ4n) is 12.9. The molecule has 0 aliphatic carbocycles. The van der Waals surface area contributed by atoms with E-state index < -0.39 is 176 Å². The molecule has 4 aliphatic rings. The molecule has 38 heteroatoms. The largest absolute Gasteiger partial charge is 0.479 e. The normalized spacial score (nSPS) is 29.3. The van der Waals surface area contributed by atoms with Gasteiger partial charge in [-0.05, 0) is 72.6 Å². The number of carboxylic acids is 2. The SMILES string of the molecule is C=C(C)N[C@@H]1[C@H](C)O[C@@H](COCC(O)CCC(=O)NCCCCCCn2c(=O)n(CCCCCCCC(=O)OCCOC)c(=O)n(CCCCCCNC(=O)OCC(O)COC[C@@H]3O[C@@H](C)[C@@H](NC(=C)C)[C@H](O[C@H]4O[C@@H](C(=O)O)C(OC)[C@H](O)[C@@H]4O)C3O)c2=O)C(O)[C@H]1O[C@H]1O[C@@H](C(=O)O)C(OC)[C@H](O)[C@@H]1O. The number of hydrogen-bond acceptors (Lipinski definition) is 31. The Labute approximate surface area is 620 Å². The minimum Gasteiger partial charge on any atom is -0.479 e. The van der Waals surface area contributed by atoms with Crippen LogP contribution in [0.5, 0.6) is 0 Å². The Balaban J connectivity index is 1.03. The van der Waals surface area contributed by atoms with E-state index in [-0.39, 0.29) is 90.4 Å². The number of esters is 1. The summed E-state index contributed by atoms with van der Waals surface area (Å²) < 4.78 is 74.9. The van der Waals surface area contributed by atoms with Gasteiger partial charge in [-0.25, -0.2) is 42.5 Å². The van der Waals surface area contributed by atoms with Crippen LogP contribution in [-0.4, -0.2) is 310 Å². The van der Waals surface area contributed by atoms with Crippen molar-refractivity contribution in [3.63, 3.8) is 0 Å². The first kappa shape index (κ1) is 91.5. The van der Waals surface area contributed by atoms with Crippen LogP contribution >= 0.6 is 0 Å². The lowest BCUT2D eigenvalue weighted by Gasteiger charge is -2.47. The number of carbonyl (C=O) groups excluding carboxylic acids is 3. The number of carbonyl (C=O) groups is 5. The van der Waals surface area contributed by atoms with Crippen LogP contribution in [-0.2, 0) is 100 Å². The highest BCUT2D eigenvalue weighted by Crippen LogP contribution is 2.33. The van der Waals surface area contributed by atoms with E-state index in [1.807, 2.05) is 0 Å². The molecule has 4 saturated heterocycles. The molecule has 614 valence electrons. The molecule has 2 amide bonds. The van der Waals surface area contributed by atoms with Crippen LogP contribution in [0.2, 0.25) is 0 Å². The van der Waals surface area contributed by atoms with Gasteiger partial charge in [-0.2, -0.15) is 0 Å². The zero-order valence-electron chi connectivity index (χ0n) is 62.3. The number of carboxylic acid groups (broad SMARTS) is 2. The van der Waals surface area contributed by atoms with Gasteiger partial charge in [-0.1, -0.05) is 58.1 Å². The third-order valence-electron chi connectivity index (χ3n) is 18.7. The summed E-state index contributed by atoms with van der Waals surface area (Å²) in [7, 11) is 3.81. The number of aliphatic hydroxyl groups excluding tert-OH is 8. The highest BCUT2D eigenvalue weighted by molar-refractivity contribution is 5.76. The number of methoxy groups -OCH3 is 3. The fourth-order valence-corrected chi connectivity index (χ4v) is 12.9. The Morgan fingerprint density at radius 1 is 0.495 bits per heavy atom. The molecule has 0 spiro atoms. The van der Waals surface area contributed by atoms with Crippen LogP contribution in [0.4, 0.5) is 4.79 Å². The lowest BCUT2D eigenvalue weighted by Crippen LogP contribution is -2.67. The second-order valence-electron chi connectivity index (χ2n) is 27.4. The number of aliphatic hydroxyl groups is 8. The van der Waals surface area contributed by atoms with E-state index >= 15 is 0 Å². The van der Waals surface area contributed by atoms with Gasteiger partial charge in [0, 0.05) is 78.3 Å². The molecular weight excluding hydrogens is 1420 g/mol. The maximum absolute atomic E-state index is 13.9. The van der Waals surface area contributed by atoms with Crippen molar-refractivity contribution in [2.24, 2.45) is 0 Å². The molecule has 5 heterocycles. The van der Waals surface area contributed by atoms with Crippen LogP contribution < -0.4 is 38.3 Å². The van der Waals surface area contributed by atoms with Gasteiger partial charge in [0.15, 0.2) is 24.8 Å². The van der Waals surface area contributed by atoms with E-state index in [9.17, 15) is 89.4 Å². The molecule has 4 aliphatic heterocycles. The quantitative estimate of drug-likeness (QED) is 0.0234. The average Bonchev–Trinajstić information content (AvgIpc) is 0.789. The van der Waals surface area contributed by atoms with Crippen LogP contribution in [0.1, 0.15) is 130 Å². The van der Waals surface area contributed by atoms with Crippen LogP contribution in [0, 0.1) is 0 Å². The summed E-state index contributed by atoms with van der Waals surface area (Å²) in [6.07, 6.45) is -21.5. The number of rotatable bonds is 50. The molecule has 14 N–H and O–H groups in total. The van der Waals surface area contributed by atoms with Gasteiger partial charge in [-0.15, -0.1) is 0 Å². The molecule has 1 aromatic rings. The Kier molecular flexibility index (Phi) is 40.3. The molecule has 0 saturated carbocycles. The van der Waals surface area contributed by atoms with Crippen molar-refractivity contribution in [3.05, 3.63) is 56.0 Å². The summed E-state index contributed by atoms with van der Waals surface area (Å²) >= 11 is 0. The smallest absolute Gasteiger partial charge is 0.407 e. The number of ether oxygens (including phenoxy) is 13. The van der Waals surface area contributed by atoms with Gasteiger partial charge < -0.3 is 134 Å². The van der Waals surface area contributed by atoms with Crippen molar-refractivity contribution in [1.82, 2.24) is 35.0 Å². The van der Waals surface area contributed by atoms with E-state index in [4.69, 9.17) is 61.6 Å². The number of amides is 2. The molecule has 0 radical (unpaired) electrons. The maximum atomic E-state index is 13.9. The predicted molar refractivity (Wildman–Crippen MR) is 374 cm³/mol. The summed E-state index contributed by atoms with van der Waals surface area (Å²) in [6.45, 7) is 13.7. The van der Waals surface area contributed by atoms with Gasteiger partial charge in [0.05, 0.1) is 63.4 Å². The maximum Gasteiger partial charge on any atom is 0.407 e. The van der Waals surface area contributed by atoms with Crippen LogP contribution in [0.25, 0.3) is 0 Å². The summed E-state index contributed by atoms with van der Waals surface area (Å²) in [5.41, 5.74) is -1.28. The van der Waals surface area contributed by atoms with E-state index in [2.05, 4.69) is 34.4 Å². The van der Waals surface area contributed by atoms with Gasteiger partial charge >= 0.3 is 41.1 Å². The minimum absolute atomic E-state index is 0.0112. The Bertz CT molecular complexity index is 2910. The number of alkyl carbamates (subject to hydrolysis) is 1. The second kappa shape index (κ2) is 47.2. The predicted octanol–water partition coefficient (Wildman–Crippen LogP) is -2.66. The lowest BCUT2D eigenvalue weighted by atomic mass is 9.92. The number of hydrogen-bond donors (Lipinski definition) is 14. The van der Waals surface area contributed by atoms with E-state index in [0.29, 0.717) is 95.2 Å². The van der Waals surface area contributed by atoms with Crippen LogP contribution in [0.3, 0.4) is 0 Å². The zero-order chi connectivity index (χ0) is 79.0. The van der Waals surface area contributed by atoms with Crippen LogP contribution in [0.15, 0.2) is 38.9 Å².